The van der Waals surface area contributed by atoms with Crippen molar-refractivity contribution in [1.29, 1.82) is 0 Å². The van der Waals surface area contributed by atoms with Crippen LogP contribution >= 0.6 is 11.3 Å². The van der Waals surface area contributed by atoms with Crippen molar-refractivity contribution >= 4 is 32.6 Å². The Morgan fingerprint density at radius 2 is 2.31 bits per heavy atom. The molecule has 0 radical (unpaired) electrons. The first-order valence-corrected chi connectivity index (χ1v) is 4.54. The summed E-state index contributed by atoms with van der Waals surface area (Å²) in [5.41, 5.74) is 2.37. The average molecular weight is 193 g/mol. The number of halogens is 1. The number of imidazole rings is 1. The third-order valence-electron chi connectivity index (χ3n) is 1.92. The van der Waals surface area contributed by atoms with Crippen LogP contribution in [0.2, 0.25) is 0 Å². The van der Waals surface area contributed by atoms with Crippen molar-refractivity contribution in [3.63, 3.8) is 0 Å². The van der Waals surface area contributed by atoms with Gasteiger partial charge in [0.2, 0.25) is 0 Å². The molecule has 0 saturated heterocycles. The summed E-state index contributed by atoms with van der Waals surface area (Å²) in [7, 11) is 0. The zero-order valence-corrected chi connectivity index (χ0v) is 7.23. The highest BCUT2D eigenvalue weighted by Crippen LogP contribution is 2.27. The minimum absolute atomic E-state index is 0.412. The fraction of sp³-hybridized carbons (Fsp3) is 0. The number of fused-ring (bicyclic) bond motifs is 3. The fourth-order valence-electron chi connectivity index (χ4n) is 1.36. The first-order chi connectivity index (χ1) is 6.34. The maximum Gasteiger partial charge on any atom is 0.270 e. The molecule has 0 aliphatic heterocycles. The number of nitrogens with one attached hydrogen (secondary N) is 1. The molecule has 2 heterocycles. The Labute approximate surface area is 76.2 Å². The molecule has 2 aromatic heterocycles. The lowest BCUT2D eigenvalue weighted by Gasteiger charge is -1.87. The Balaban J connectivity index is 2.64. The van der Waals surface area contributed by atoms with E-state index in [0.29, 0.717) is 5.52 Å². The largest absolute Gasteiger partial charge is 0.345 e. The molecule has 3 nitrogen and oxygen atoms in total. The van der Waals surface area contributed by atoms with Gasteiger partial charge < -0.3 is 4.98 Å². The molecule has 3 aromatic rings. The van der Waals surface area contributed by atoms with Crippen LogP contribution in [0.3, 0.4) is 0 Å². The number of aromatic amines is 1. The molecule has 1 N–H and O–H groups in total. The Hall–Kier alpha value is -1.49. The predicted molar refractivity (Wildman–Crippen MR) is 49.2 cm³/mol. The van der Waals surface area contributed by atoms with Crippen molar-refractivity contribution in [2.45, 2.75) is 0 Å². The molecule has 0 bridgehead atoms. The quantitative estimate of drug-likeness (QED) is 0.595. The average Bonchev–Trinajstić information content (AvgIpc) is 2.65. The Kier molecular flexibility index (Phi) is 1.21. The summed E-state index contributed by atoms with van der Waals surface area (Å²) in [6, 6.07) is 3.64. The topological polar surface area (TPSA) is 41.6 Å². The number of hydrogen-bond donors (Lipinski definition) is 1. The SMILES string of the molecule is Fc1nc2ccc3[nH]cnc3c2s1. The molecule has 0 amide bonds. The molecule has 0 saturated carbocycles. The summed E-state index contributed by atoms with van der Waals surface area (Å²) in [6.07, 6.45) is 1.60. The molecule has 0 unspecified atom stereocenters. The second-order valence-electron chi connectivity index (χ2n) is 2.68. The minimum Gasteiger partial charge on any atom is -0.345 e. The normalized spacial score (nSPS) is 11.5. The van der Waals surface area contributed by atoms with Crippen molar-refractivity contribution in [1.82, 2.24) is 15.0 Å². The van der Waals surface area contributed by atoms with Crippen LogP contribution in [0.15, 0.2) is 18.5 Å². The van der Waals surface area contributed by atoms with Crippen LogP contribution in [-0.2, 0) is 0 Å². The second-order valence-corrected chi connectivity index (χ2v) is 3.63. The number of aromatic nitrogens is 3. The molecular formula is C8H4FN3S. The summed E-state index contributed by atoms with van der Waals surface area (Å²) in [6.45, 7) is 0. The summed E-state index contributed by atoms with van der Waals surface area (Å²) in [5, 5.41) is -0.412. The van der Waals surface area contributed by atoms with E-state index in [2.05, 4.69) is 15.0 Å². The lowest BCUT2D eigenvalue weighted by Crippen LogP contribution is -1.71. The number of rotatable bonds is 0. The molecule has 13 heavy (non-hydrogen) atoms. The van der Waals surface area contributed by atoms with E-state index >= 15 is 0 Å². The molecule has 0 fully saturated rings. The van der Waals surface area contributed by atoms with Crippen LogP contribution in [0.5, 0.6) is 0 Å². The van der Waals surface area contributed by atoms with E-state index in [-0.39, 0.29) is 0 Å². The first kappa shape index (κ1) is 6.97. The fourth-order valence-corrected chi connectivity index (χ4v) is 2.15. The number of H-pyrrole nitrogens is 1. The van der Waals surface area contributed by atoms with Crippen LogP contribution in [0.25, 0.3) is 21.3 Å². The molecular weight excluding hydrogens is 189 g/mol. The third kappa shape index (κ3) is 0.874. The van der Waals surface area contributed by atoms with Gasteiger partial charge in [0.05, 0.1) is 22.1 Å². The molecule has 0 atom stereocenters. The maximum atomic E-state index is 12.8. The predicted octanol–water partition coefficient (Wildman–Crippen LogP) is 2.31. The molecule has 3 rings (SSSR count). The van der Waals surface area contributed by atoms with Crippen LogP contribution in [0, 0.1) is 5.26 Å². The molecule has 0 spiro atoms. The Bertz CT molecular complexity index is 583. The molecule has 64 valence electrons. The second kappa shape index (κ2) is 2.26. The van der Waals surface area contributed by atoms with E-state index in [0.717, 1.165) is 27.1 Å². The van der Waals surface area contributed by atoms with Gasteiger partial charge in [-0.2, -0.15) is 4.39 Å². The van der Waals surface area contributed by atoms with Crippen molar-refractivity contribution in [3.05, 3.63) is 23.7 Å². The zero-order chi connectivity index (χ0) is 8.84. The van der Waals surface area contributed by atoms with Gasteiger partial charge >= 0.3 is 0 Å². The smallest absolute Gasteiger partial charge is 0.270 e. The van der Waals surface area contributed by atoms with E-state index in [1.807, 2.05) is 6.07 Å². The van der Waals surface area contributed by atoms with Crippen molar-refractivity contribution < 1.29 is 4.39 Å². The number of nitrogens with zero attached hydrogens (tertiary/aromatic N) is 2. The van der Waals surface area contributed by atoms with Crippen LogP contribution in [-0.4, -0.2) is 15.0 Å². The number of benzene rings is 1. The minimum atomic E-state index is -0.412. The lowest BCUT2D eigenvalue weighted by molar-refractivity contribution is 0.620. The number of thiazole rings is 1. The van der Waals surface area contributed by atoms with Gasteiger partial charge in [-0.15, -0.1) is 0 Å². The molecule has 0 aliphatic rings. The van der Waals surface area contributed by atoms with E-state index in [1.165, 1.54) is 0 Å². The zero-order valence-electron chi connectivity index (χ0n) is 6.41. The van der Waals surface area contributed by atoms with Gasteiger partial charge in [-0.25, -0.2) is 9.97 Å². The first-order valence-electron chi connectivity index (χ1n) is 3.73. The highest BCUT2D eigenvalue weighted by Gasteiger charge is 2.07. The summed E-state index contributed by atoms with van der Waals surface area (Å²) < 4.78 is 13.6. The van der Waals surface area contributed by atoms with Crippen molar-refractivity contribution in [2.75, 3.05) is 0 Å². The van der Waals surface area contributed by atoms with Gasteiger partial charge in [-0.1, -0.05) is 11.3 Å². The summed E-state index contributed by atoms with van der Waals surface area (Å²) in [4.78, 5) is 10.8. The van der Waals surface area contributed by atoms with Crippen molar-refractivity contribution in [3.8, 4) is 0 Å². The van der Waals surface area contributed by atoms with Crippen LogP contribution < -0.4 is 0 Å². The van der Waals surface area contributed by atoms with Gasteiger partial charge in [0.25, 0.3) is 5.26 Å². The molecule has 1 aromatic carbocycles. The van der Waals surface area contributed by atoms with E-state index < -0.39 is 5.26 Å². The van der Waals surface area contributed by atoms with Crippen LogP contribution in [0.1, 0.15) is 0 Å². The third-order valence-corrected chi connectivity index (χ3v) is 2.79. The van der Waals surface area contributed by atoms with Gasteiger partial charge in [0.15, 0.2) is 0 Å². The maximum absolute atomic E-state index is 12.8. The lowest BCUT2D eigenvalue weighted by atomic mass is 10.3. The van der Waals surface area contributed by atoms with E-state index in [9.17, 15) is 4.39 Å². The molecule has 5 heteroatoms. The summed E-state index contributed by atoms with van der Waals surface area (Å²) >= 11 is 1.03. The summed E-state index contributed by atoms with van der Waals surface area (Å²) in [5.74, 6) is 0. The van der Waals surface area contributed by atoms with Crippen molar-refractivity contribution in [2.24, 2.45) is 0 Å². The van der Waals surface area contributed by atoms with Gasteiger partial charge in [0, 0.05) is 0 Å². The van der Waals surface area contributed by atoms with E-state index in [1.54, 1.807) is 12.4 Å². The Morgan fingerprint density at radius 1 is 1.38 bits per heavy atom. The highest BCUT2D eigenvalue weighted by atomic mass is 32.1. The number of hydrogen-bond acceptors (Lipinski definition) is 3. The van der Waals surface area contributed by atoms with E-state index in [4.69, 9.17) is 0 Å². The van der Waals surface area contributed by atoms with Gasteiger partial charge in [-0.3, -0.25) is 0 Å². The highest BCUT2D eigenvalue weighted by molar-refractivity contribution is 7.18. The molecule has 0 aliphatic carbocycles. The van der Waals surface area contributed by atoms with Crippen LogP contribution in [0.4, 0.5) is 4.39 Å². The van der Waals surface area contributed by atoms with Gasteiger partial charge in [-0.05, 0) is 12.1 Å². The van der Waals surface area contributed by atoms with Gasteiger partial charge in [0.1, 0.15) is 5.52 Å². The monoisotopic (exact) mass is 193 g/mol. The standard InChI is InChI=1S/C8H4FN3S/c9-8-12-5-2-1-4-6(7(5)13-8)11-3-10-4/h1-3H,(H,10,11). The Morgan fingerprint density at radius 3 is 3.23 bits per heavy atom.